The molecule has 0 atom stereocenters. The first-order chi connectivity index (χ1) is 10.0. The van der Waals surface area contributed by atoms with Crippen molar-refractivity contribution in [2.24, 2.45) is 0 Å². The molecule has 0 unspecified atom stereocenters. The zero-order valence-electron chi connectivity index (χ0n) is 12.9. The van der Waals surface area contributed by atoms with Crippen molar-refractivity contribution in [3.8, 4) is 0 Å². The quantitative estimate of drug-likeness (QED) is 0.812. The van der Waals surface area contributed by atoms with E-state index in [4.69, 9.17) is 4.42 Å². The van der Waals surface area contributed by atoms with Crippen LogP contribution in [0.4, 0.5) is 0 Å². The lowest BCUT2D eigenvalue weighted by atomic mass is 10.2. The van der Waals surface area contributed by atoms with Crippen molar-refractivity contribution in [3.05, 3.63) is 58.0 Å². The maximum absolute atomic E-state index is 5.85. The molecule has 3 nitrogen and oxygen atoms in total. The molecular weight excluding hydrogens is 328 g/mol. The lowest BCUT2D eigenvalue weighted by molar-refractivity contribution is 0.282. The fourth-order valence-corrected chi connectivity index (χ4v) is 2.62. The third kappa shape index (κ3) is 5.65. The van der Waals surface area contributed by atoms with Crippen LogP contribution in [0, 0.1) is 0 Å². The molecule has 0 bridgehead atoms. The van der Waals surface area contributed by atoms with E-state index in [0.29, 0.717) is 6.04 Å². The second-order valence-electron chi connectivity index (χ2n) is 5.71. The molecule has 21 heavy (non-hydrogen) atoms. The van der Waals surface area contributed by atoms with Gasteiger partial charge in [0.15, 0.2) is 0 Å². The number of hydrogen-bond donors (Lipinski definition) is 1. The van der Waals surface area contributed by atoms with Gasteiger partial charge in [0.25, 0.3) is 0 Å². The highest BCUT2D eigenvalue weighted by atomic mass is 79.9. The average molecular weight is 351 g/mol. The highest BCUT2D eigenvalue weighted by Gasteiger charge is 2.07. The van der Waals surface area contributed by atoms with Crippen LogP contribution in [0.25, 0.3) is 0 Å². The first-order valence-corrected chi connectivity index (χ1v) is 8.06. The normalized spacial score (nSPS) is 11.5. The summed E-state index contributed by atoms with van der Waals surface area (Å²) >= 11 is 3.51. The van der Waals surface area contributed by atoms with Gasteiger partial charge in [-0.2, -0.15) is 0 Å². The van der Waals surface area contributed by atoms with Crippen LogP contribution < -0.4 is 5.32 Å². The van der Waals surface area contributed by atoms with E-state index in [0.717, 1.165) is 35.6 Å². The second-order valence-corrected chi connectivity index (χ2v) is 6.62. The van der Waals surface area contributed by atoms with Crippen molar-refractivity contribution < 1.29 is 4.42 Å². The summed E-state index contributed by atoms with van der Waals surface area (Å²) < 4.78 is 6.97. The van der Waals surface area contributed by atoms with E-state index in [-0.39, 0.29) is 0 Å². The second kappa shape index (κ2) is 7.78. The van der Waals surface area contributed by atoms with Gasteiger partial charge in [0.1, 0.15) is 11.5 Å². The number of halogens is 1. The number of nitrogens with one attached hydrogen (secondary N) is 1. The van der Waals surface area contributed by atoms with Gasteiger partial charge in [-0.05, 0) is 36.9 Å². The number of benzene rings is 1. The molecule has 1 aromatic heterocycles. The summed E-state index contributed by atoms with van der Waals surface area (Å²) in [5.41, 5.74) is 1.29. The van der Waals surface area contributed by atoms with Crippen molar-refractivity contribution in [1.29, 1.82) is 0 Å². The van der Waals surface area contributed by atoms with Crippen LogP contribution in [-0.2, 0) is 19.6 Å². The van der Waals surface area contributed by atoms with Crippen LogP contribution in [0.15, 0.2) is 45.3 Å². The number of hydrogen-bond acceptors (Lipinski definition) is 3. The monoisotopic (exact) mass is 350 g/mol. The molecule has 1 N–H and O–H groups in total. The summed E-state index contributed by atoms with van der Waals surface area (Å²) in [6.45, 7) is 6.77. The Bertz CT molecular complexity index is 565. The van der Waals surface area contributed by atoms with Crippen molar-refractivity contribution in [2.45, 2.75) is 39.5 Å². The molecule has 0 radical (unpaired) electrons. The zero-order chi connectivity index (χ0) is 15.2. The lowest BCUT2D eigenvalue weighted by Crippen LogP contribution is -2.21. The Labute approximate surface area is 135 Å². The highest BCUT2D eigenvalue weighted by molar-refractivity contribution is 9.10. The summed E-state index contributed by atoms with van der Waals surface area (Å²) in [4.78, 5) is 2.25. The van der Waals surface area contributed by atoms with E-state index in [9.17, 15) is 0 Å². The minimum Gasteiger partial charge on any atom is -0.463 e. The standard InChI is InChI=1S/C17H23BrN2O/c1-13(2)19-10-16-7-8-17(21-16)12-20(3)11-14-5-4-6-15(18)9-14/h4-9,13,19H,10-12H2,1-3H3. The summed E-state index contributed by atoms with van der Waals surface area (Å²) in [5.74, 6) is 2.00. The van der Waals surface area contributed by atoms with E-state index < -0.39 is 0 Å². The highest BCUT2D eigenvalue weighted by Crippen LogP contribution is 2.15. The van der Waals surface area contributed by atoms with E-state index in [2.05, 4.69) is 77.4 Å². The third-order valence-corrected chi connectivity index (χ3v) is 3.66. The molecule has 2 rings (SSSR count). The van der Waals surface area contributed by atoms with Crippen LogP contribution in [-0.4, -0.2) is 18.0 Å². The summed E-state index contributed by atoms with van der Waals surface area (Å²) in [6, 6.07) is 13.0. The third-order valence-electron chi connectivity index (χ3n) is 3.17. The first-order valence-electron chi connectivity index (χ1n) is 7.27. The van der Waals surface area contributed by atoms with Gasteiger partial charge in [-0.1, -0.05) is 41.9 Å². The van der Waals surface area contributed by atoms with E-state index >= 15 is 0 Å². The van der Waals surface area contributed by atoms with Crippen molar-refractivity contribution in [1.82, 2.24) is 10.2 Å². The first kappa shape index (κ1) is 16.3. The minimum absolute atomic E-state index is 0.470. The van der Waals surface area contributed by atoms with Gasteiger partial charge < -0.3 is 9.73 Å². The van der Waals surface area contributed by atoms with Crippen LogP contribution >= 0.6 is 15.9 Å². The topological polar surface area (TPSA) is 28.4 Å². The lowest BCUT2D eigenvalue weighted by Gasteiger charge is -2.15. The Balaban J connectivity index is 1.86. The molecule has 0 fully saturated rings. The van der Waals surface area contributed by atoms with Gasteiger partial charge in [-0.3, -0.25) is 4.90 Å². The molecule has 0 saturated carbocycles. The van der Waals surface area contributed by atoms with E-state index in [1.54, 1.807) is 0 Å². The average Bonchev–Trinajstić information content (AvgIpc) is 2.83. The predicted molar refractivity (Wildman–Crippen MR) is 90.0 cm³/mol. The van der Waals surface area contributed by atoms with Gasteiger partial charge >= 0.3 is 0 Å². The van der Waals surface area contributed by atoms with Crippen molar-refractivity contribution in [2.75, 3.05) is 7.05 Å². The fourth-order valence-electron chi connectivity index (χ4n) is 2.18. The van der Waals surface area contributed by atoms with Gasteiger partial charge in [0, 0.05) is 17.1 Å². The summed E-state index contributed by atoms with van der Waals surface area (Å²) in [5, 5.41) is 3.36. The number of rotatable bonds is 7. The van der Waals surface area contributed by atoms with Crippen LogP contribution in [0.2, 0.25) is 0 Å². The minimum atomic E-state index is 0.470. The van der Waals surface area contributed by atoms with Crippen molar-refractivity contribution >= 4 is 15.9 Å². The van der Waals surface area contributed by atoms with Crippen molar-refractivity contribution in [3.63, 3.8) is 0 Å². The molecule has 1 heterocycles. The smallest absolute Gasteiger partial charge is 0.118 e. The van der Waals surface area contributed by atoms with Gasteiger partial charge in [0.05, 0.1) is 13.1 Å². The molecule has 4 heteroatoms. The molecule has 0 aliphatic rings. The fraction of sp³-hybridized carbons (Fsp3) is 0.412. The Kier molecular flexibility index (Phi) is 6.03. The van der Waals surface area contributed by atoms with Crippen LogP contribution in [0.3, 0.4) is 0 Å². The van der Waals surface area contributed by atoms with E-state index in [1.165, 1.54) is 5.56 Å². The summed E-state index contributed by atoms with van der Waals surface area (Å²) in [7, 11) is 2.11. The maximum Gasteiger partial charge on any atom is 0.118 e. The maximum atomic E-state index is 5.85. The number of nitrogens with zero attached hydrogens (tertiary/aromatic N) is 1. The summed E-state index contributed by atoms with van der Waals surface area (Å²) in [6.07, 6.45) is 0. The van der Waals surface area contributed by atoms with Crippen LogP contribution in [0.1, 0.15) is 30.9 Å². The van der Waals surface area contributed by atoms with Crippen LogP contribution in [0.5, 0.6) is 0 Å². The Hall–Kier alpha value is -1.10. The number of furan rings is 1. The molecule has 0 aliphatic carbocycles. The molecular formula is C17H23BrN2O. The molecule has 0 amide bonds. The van der Waals surface area contributed by atoms with E-state index in [1.807, 2.05) is 6.07 Å². The molecule has 1 aromatic carbocycles. The predicted octanol–water partition coefficient (Wildman–Crippen LogP) is 4.17. The molecule has 0 spiro atoms. The Morgan fingerprint density at radius 1 is 1.14 bits per heavy atom. The Morgan fingerprint density at radius 2 is 1.90 bits per heavy atom. The van der Waals surface area contributed by atoms with Gasteiger partial charge in [0.2, 0.25) is 0 Å². The van der Waals surface area contributed by atoms with Gasteiger partial charge in [-0.25, -0.2) is 0 Å². The molecule has 0 saturated heterocycles. The zero-order valence-corrected chi connectivity index (χ0v) is 14.5. The molecule has 0 aliphatic heterocycles. The van der Waals surface area contributed by atoms with Gasteiger partial charge in [-0.15, -0.1) is 0 Å². The largest absolute Gasteiger partial charge is 0.463 e. The molecule has 114 valence electrons. The SMILES string of the molecule is CC(C)NCc1ccc(CN(C)Cc2cccc(Br)c2)o1. The Morgan fingerprint density at radius 3 is 2.62 bits per heavy atom. The molecule has 2 aromatic rings.